The van der Waals surface area contributed by atoms with Crippen molar-refractivity contribution >= 4 is 11.9 Å². The number of esters is 2. The lowest BCUT2D eigenvalue weighted by Crippen LogP contribution is -2.43. The first-order chi connectivity index (χ1) is 8.74. The number of hydrogen-bond donors (Lipinski definition) is 0. The predicted octanol–water partition coefficient (Wildman–Crippen LogP) is 1.60. The fraction of sp³-hybridized carbons (Fsp3) is 0.857. The highest BCUT2D eigenvalue weighted by atomic mass is 16.6. The number of hydrogen-bond acceptors (Lipinski definition) is 5. The van der Waals surface area contributed by atoms with E-state index in [4.69, 9.17) is 9.47 Å². The lowest BCUT2D eigenvalue weighted by Gasteiger charge is -2.28. The van der Waals surface area contributed by atoms with Crippen LogP contribution in [0.5, 0.6) is 0 Å². The second-order valence-corrected chi connectivity index (χ2v) is 6.11. The van der Waals surface area contributed by atoms with Crippen LogP contribution in [0.2, 0.25) is 0 Å². The van der Waals surface area contributed by atoms with E-state index in [0.717, 1.165) is 19.4 Å². The Bertz CT molecular complexity index is 335. The second kappa shape index (κ2) is 6.37. The van der Waals surface area contributed by atoms with Crippen LogP contribution in [0.25, 0.3) is 0 Å². The zero-order valence-corrected chi connectivity index (χ0v) is 12.6. The van der Waals surface area contributed by atoms with Crippen LogP contribution in [-0.2, 0) is 19.1 Å². The molecule has 0 aromatic heterocycles. The van der Waals surface area contributed by atoms with Crippen LogP contribution in [0, 0.1) is 5.92 Å². The lowest BCUT2D eigenvalue weighted by atomic mass is 10.1. The fourth-order valence-corrected chi connectivity index (χ4v) is 2.31. The van der Waals surface area contributed by atoms with Gasteiger partial charge in [-0.1, -0.05) is 6.92 Å². The van der Waals surface area contributed by atoms with Gasteiger partial charge in [0.05, 0.1) is 13.0 Å². The van der Waals surface area contributed by atoms with Gasteiger partial charge in [0.25, 0.3) is 0 Å². The van der Waals surface area contributed by atoms with Crippen molar-refractivity contribution in [1.29, 1.82) is 0 Å². The van der Waals surface area contributed by atoms with Crippen LogP contribution in [0.1, 0.15) is 40.5 Å². The van der Waals surface area contributed by atoms with Gasteiger partial charge in [0.15, 0.2) is 0 Å². The molecule has 0 amide bonds. The number of carbonyl (C=O) groups is 2. The van der Waals surface area contributed by atoms with Crippen LogP contribution >= 0.6 is 0 Å². The van der Waals surface area contributed by atoms with Gasteiger partial charge >= 0.3 is 11.9 Å². The van der Waals surface area contributed by atoms with E-state index in [9.17, 15) is 9.59 Å². The van der Waals surface area contributed by atoms with Crippen molar-refractivity contribution in [2.24, 2.45) is 5.92 Å². The molecule has 1 heterocycles. The van der Waals surface area contributed by atoms with Crippen molar-refractivity contribution in [2.75, 3.05) is 20.2 Å². The summed E-state index contributed by atoms with van der Waals surface area (Å²) in [6, 6.07) is -0.230. The largest absolute Gasteiger partial charge is 0.469 e. The summed E-state index contributed by atoms with van der Waals surface area (Å²) in [6.45, 7) is 8.77. The van der Waals surface area contributed by atoms with Gasteiger partial charge in [-0.15, -0.1) is 0 Å². The number of nitrogens with zero attached hydrogens (tertiary/aromatic N) is 1. The number of methoxy groups -OCH3 is 1. The summed E-state index contributed by atoms with van der Waals surface area (Å²) < 4.78 is 10.1. The molecule has 1 aliphatic rings. The minimum Gasteiger partial charge on any atom is -0.469 e. The molecule has 0 spiro atoms. The van der Waals surface area contributed by atoms with Crippen molar-refractivity contribution < 1.29 is 19.1 Å². The van der Waals surface area contributed by atoms with E-state index in [0.29, 0.717) is 6.54 Å². The van der Waals surface area contributed by atoms with Crippen LogP contribution < -0.4 is 0 Å². The number of ether oxygens (including phenoxy) is 2. The quantitative estimate of drug-likeness (QED) is 0.727. The minimum atomic E-state index is -0.473. The third-order valence-corrected chi connectivity index (χ3v) is 3.15. The van der Waals surface area contributed by atoms with Crippen LogP contribution in [0.3, 0.4) is 0 Å². The third-order valence-electron chi connectivity index (χ3n) is 3.15. The topological polar surface area (TPSA) is 55.8 Å². The molecule has 1 unspecified atom stereocenters. The summed E-state index contributed by atoms with van der Waals surface area (Å²) >= 11 is 0. The van der Waals surface area contributed by atoms with Gasteiger partial charge in [-0.3, -0.25) is 14.5 Å². The Morgan fingerprint density at radius 3 is 2.53 bits per heavy atom. The Labute approximate surface area is 115 Å². The van der Waals surface area contributed by atoms with Gasteiger partial charge in [0, 0.05) is 6.54 Å². The summed E-state index contributed by atoms with van der Waals surface area (Å²) in [4.78, 5) is 25.6. The molecule has 1 aliphatic heterocycles. The molecular formula is C14H25NO4. The van der Waals surface area contributed by atoms with E-state index < -0.39 is 5.60 Å². The average Bonchev–Trinajstić information content (AvgIpc) is 2.73. The maximum atomic E-state index is 12.1. The van der Waals surface area contributed by atoms with E-state index in [2.05, 4.69) is 0 Å². The number of likely N-dealkylation sites (tertiary alicyclic amines) is 1. The van der Waals surface area contributed by atoms with Crippen molar-refractivity contribution in [3.63, 3.8) is 0 Å². The average molecular weight is 271 g/mol. The Morgan fingerprint density at radius 1 is 1.37 bits per heavy atom. The van der Waals surface area contributed by atoms with Crippen molar-refractivity contribution in [3.8, 4) is 0 Å². The highest BCUT2D eigenvalue weighted by Crippen LogP contribution is 2.22. The standard InChI is InChI=1S/C14H25NO4/c1-10(12(16)18-5)9-15-8-6-7-11(15)13(17)19-14(2,3)4/h10-11H,6-9H2,1-5H3/t10?,11-/m0/s1. The van der Waals surface area contributed by atoms with Crippen molar-refractivity contribution in [2.45, 2.75) is 52.2 Å². The summed E-state index contributed by atoms with van der Waals surface area (Å²) in [5.74, 6) is -0.662. The van der Waals surface area contributed by atoms with Gasteiger partial charge < -0.3 is 9.47 Å². The molecule has 2 atom stereocenters. The first-order valence-electron chi connectivity index (χ1n) is 6.79. The number of carbonyl (C=O) groups excluding carboxylic acids is 2. The molecule has 0 radical (unpaired) electrons. The maximum absolute atomic E-state index is 12.1. The van der Waals surface area contributed by atoms with Crippen molar-refractivity contribution in [1.82, 2.24) is 4.90 Å². The van der Waals surface area contributed by atoms with Gasteiger partial charge in [-0.25, -0.2) is 0 Å². The minimum absolute atomic E-state index is 0.193. The maximum Gasteiger partial charge on any atom is 0.323 e. The molecule has 5 nitrogen and oxygen atoms in total. The second-order valence-electron chi connectivity index (χ2n) is 6.11. The smallest absolute Gasteiger partial charge is 0.323 e. The Morgan fingerprint density at radius 2 is 2.00 bits per heavy atom. The molecule has 0 saturated carbocycles. The van der Waals surface area contributed by atoms with Crippen LogP contribution in [0.4, 0.5) is 0 Å². The van der Waals surface area contributed by atoms with Gasteiger partial charge in [0.1, 0.15) is 11.6 Å². The molecule has 110 valence electrons. The molecule has 19 heavy (non-hydrogen) atoms. The fourth-order valence-electron chi connectivity index (χ4n) is 2.31. The molecule has 1 fully saturated rings. The highest BCUT2D eigenvalue weighted by Gasteiger charge is 2.35. The summed E-state index contributed by atoms with van der Waals surface area (Å²) in [5.41, 5.74) is -0.473. The van der Waals surface area contributed by atoms with E-state index >= 15 is 0 Å². The summed E-state index contributed by atoms with van der Waals surface area (Å²) in [7, 11) is 1.38. The molecule has 1 saturated heterocycles. The van der Waals surface area contributed by atoms with Gasteiger partial charge in [-0.05, 0) is 40.2 Å². The van der Waals surface area contributed by atoms with E-state index in [1.165, 1.54) is 7.11 Å². The molecule has 0 aliphatic carbocycles. The molecular weight excluding hydrogens is 246 g/mol. The first kappa shape index (κ1) is 16.0. The van der Waals surface area contributed by atoms with E-state index in [1.54, 1.807) is 0 Å². The molecule has 0 N–H and O–H groups in total. The van der Waals surface area contributed by atoms with Gasteiger partial charge in [0.2, 0.25) is 0 Å². The summed E-state index contributed by atoms with van der Waals surface area (Å²) in [5, 5.41) is 0. The van der Waals surface area contributed by atoms with Crippen LogP contribution in [-0.4, -0.2) is 48.7 Å². The number of rotatable bonds is 4. The molecule has 0 aromatic carbocycles. The van der Waals surface area contributed by atoms with Crippen molar-refractivity contribution in [3.05, 3.63) is 0 Å². The molecule has 1 rings (SSSR count). The summed E-state index contributed by atoms with van der Waals surface area (Å²) in [6.07, 6.45) is 1.75. The third kappa shape index (κ3) is 4.82. The normalized spacial score (nSPS) is 22.1. The Hall–Kier alpha value is -1.10. The Balaban J connectivity index is 2.59. The van der Waals surface area contributed by atoms with E-state index in [1.807, 2.05) is 32.6 Å². The van der Waals surface area contributed by atoms with Gasteiger partial charge in [-0.2, -0.15) is 0 Å². The molecule has 0 bridgehead atoms. The molecule has 0 aromatic rings. The predicted molar refractivity (Wildman–Crippen MR) is 71.6 cm³/mol. The monoisotopic (exact) mass is 271 g/mol. The zero-order valence-electron chi connectivity index (χ0n) is 12.6. The first-order valence-corrected chi connectivity index (χ1v) is 6.79. The lowest BCUT2D eigenvalue weighted by molar-refractivity contribution is -0.161. The Kier molecular flexibility index (Phi) is 5.35. The molecule has 5 heteroatoms. The van der Waals surface area contributed by atoms with E-state index in [-0.39, 0.29) is 23.9 Å². The highest BCUT2D eigenvalue weighted by molar-refractivity contribution is 5.77. The SMILES string of the molecule is COC(=O)C(C)CN1CCC[C@H]1C(=O)OC(C)(C)C. The zero-order chi connectivity index (χ0) is 14.6. The van der Waals surface area contributed by atoms with Crippen LogP contribution in [0.15, 0.2) is 0 Å².